The summed E-state index contributed by atoms with van der Waals surface area (Å²) in [5.41, 5.74) is 1.79. The number of hydrogen-bond donors (Lipinski definition) is 2. The van der Waals surface area contributed by atoms with E-state index in [0.717, 1.165) is 30.5 Å². The van der Waals surface area contributed by atoms with Gasteiger partial charge >= 0.3 is 6.03 Å². The van der Waals surface area contributed by atoms with Crippen molar-refractivity contribution >= 4 is 17.6 Å². The van der Waals surface area contributed by atoms with E-state index in [1.54, 1.807) is 4.90 Å². The van der Waals surface area contributed by atoms with E-state index in [1.165, 1.54) is 0 Å². The van der Waals surface area contributed by atoms with Crippen molar-refractivity contribution in [3.63, 3.8) is 0 Å². The number of urea groups is 1. The summed E-state index contributed by atoms with van der Waals surface area (Å²) < 4.78 is 10.8. The number of carbonyl (C=O) groups is 2. The first-order chi connectivity index (χ1) is 15.5. The van der Waals surface area contributed by atoms with Crippen LogP contribution >= 0.6 is 0 Å². The van der Waals surface area contributed by atoms with Crippen LogP contribution in [0.2, 0.25) is 0 Å². The van der Waals surface area contributed by atoms with Gasteiger partial charge in [0, 0.05) is 30.9 Å². The second kappa shape index (κ2) is 11.4. The Labute approximate surface area is 190 Å². The number of rotatable bonds is 10. The van der Waals surface area contributed by atoms with Crippen LogP contribution in [0.3, 0.4) is 0 Å². The maximum absolute atomic E-state index is 12.8. The molecule has 7 heteroatoms. The van der Waals surface area contributed by atoms with Crippen LogP contribution in [-0.2, 0) is 4.79 Å². The molecule has 32 heavy (non-hydrogen) atoms. The number of ether oxygens (including phenoxy) is 2. The monoisotopic (exact) mass is 439 g/mol. The molecule has 1 aliphatic rings. The van der Waals surface area contributed by atoms with Gasteiger partial charge in [-0.25, -0.2) is 4.79 Å². The Morgan fingerprint density at radius 3 is 2.50 bits per heavy atom. The highest BCUT2D eigenvalue weighted by atomic mass is 16.7. The van der Waals surface area contributed by atoms with Crippen molar-refractivity contribution in [1.29, 1.82) is 0 Å². The van der Waals surface area contributed by atoms with Gasteiger partial charge in [0.05, 0.1) is 5.92 Å². The first-order valence-electron chi connectivity index (χ1n) is 11.3. The van der Waals surface area contributed by atoms with Gasteiger partial charge in [-0.3, -0.25) is 9.69 Å². The number of nitrogens with one attached hydrogen (secondary N) is 2. The molecule has 0 aromatic heterocycles. The largest absolute Gasteiger partial charge is 0.454 e. The normalized spacial score (nSPS) is 13.0. The lowest BCUT2D eigenvalue weighted by Gasteiger charge is -2.25. The second-order valence-corrected chi connectivity index (χ2v) is 8.16. The molecule has 2 aromatic carbocycles. The number of carbonyl (C=O) groups excluding carboxylic acids is 2. The minimum absolute atomic E-state index is 0.0299. The van der Waals surface area contributed by atoms with Crippen molar-refractivity contribution in [2.75, 3.05) is 24.8 Å². The van der Waals surface area contributed by atoms with E-state index >= 15 is 0 Å². The molecular formula is C25H33N3O4. The lowest BCUT2D eigenvalue weighted by molar-refractivity contribution is -0.122. The molecule has 7 nitrogen and oxygen atoms in total. The number of unbranched alkanes of at least 4 members (excludes halogenated alkanes) is 1. The third-order valence-electron chi connectivity index (χ3n) is 5.36. The summed E-state index contributed by atoms with van der Waals surface area (Å²) in [4.78, 5) is 27.1. The van der Waals surface area contributed by atoms with Crippen molar-refractivity contribution in [3.05, 3.63) is 54.1 Å². The zero-order valence-electron chi connectivity index (χ0n) is 19.1. The molecule has 0 saturated carbocycles. The maximum Gasteiger partial charge on any atom is 0.322 e. The standard InChI is InChI=1S/C25H33N3O4/c1-4-21(19-10-6-5-7-11-19)24(29)26-14-8-9-15-28(25(30)27-18(2)3)20-12-13-22-23(16-20)32-17-31-22/h5-7,10-13,16,18,21H,4,8-9,14-15,17H2,1-3H3,(H,26,29)(H,27,30). The van der Waals surface area contributed by atoms with Crippen LogP contribution in [0.25, 0.3) is 0 Å². The number of anilines is 1. The SMILES string of the molecule is CCC(C(=O)NCCCCN(C(=O)NC(C)C)c1ccc2c(c1)OCO2)c1ccccc1. The summed E-state index contributed by atoms with van der Waals surface area (Å²) in [6.07, 6.45) is 2.28. The molecular weight excluding hydrogens is 406 g/mol. The average Bonchev–Trinajstić information content (AvgIpc) is 3.25. The van der Waals surface area contributed by atoms with Crippen molar-refractivity contribution in [1.82, 2.24) is 10.6 Å². The van der Waals surface area contributed by atoms with E-state index < -0.39 is 0 Å². The van der Waals surface area contributed by atoms with Crippen molar-refractivity contribution in [2.45, 2.75) is 52.0 Å². The predicted molar refractivity (Wildman–Crippen MR) is 125 cm³/mol. The summed E-state index contributed by atoms with van der Waals surface area (Å²) in [5.74, 6) is 1.23. The molecule has 172 valence electrons. The van der Waals surface area contributed by atoms with E-state index in [-0.39, 0.29) is 30.7 Å². The lowest BCUT2D eigenvalue weighted by Crippen LogP contribution is -2.43. The summed E-state index contributed by atoms with van der Waals surface area (Å²) in [6.45, 7) is 7.18. The van der Waals surface area contributed by atoms with Crippen LogP contribution in [0.15, 0.2) is 48.5 Å². The molecule has 0 fully saturated rings. The summed E-state index contributed by atoms with van der Waals surface area (Å²) in [6, 6.07) is 15.2. The van der Waals surface area contributed by atoms with E-state index in [1.807, 2.05) is 69.3 Å². The number of nitrogens with zero attached hydrogens (tertiary/aromatic N) is 1. The van der Waals surface area contributed by atoms with Gasteiger partial charge in [0.2, 0.25) is 12.7 Å². The third-order valence-corrected chi connectivity index (χ3v) is 5.36. The van der Waals surface area contributed by atoms with Gasteiger partial charge < -0.3 is 20.1 Å². The first kappa shape index (κ1) is 23.4. The molecule has 1 unspecified atom stereocenters. The maximum atomic E-state index is 12.8. The Balaban J connectivity index is 1.53. The van der Waals surface area contributed by atoms with Crippen LogP contribution in [0.5, 0.6) is 11.5 Å². The molecule has 0 spiro atoms. The van der Waals surface area contributed by atoms with E-state index in [9.17, 15) is 9.59 Å². The molecule has 0 bridgehead atoms. The van der Waals surface area contributed by atoms with Crippen molar-refractivity contribution in [2.24, 2.45) is 0 Å². The molecule has 0 radical (unpaired) electrons. The van der Waals surface area contributed by atoms with Crippen molar-refractivity contribution < 1.29 is 19.1 Å². The highest BCUT2D eigenvalue weighted by Gasteiger charge is 2.21. The minimum Gasteiger partial charge on any atom is -0.454 e. The number of benzene rings is 2. The molecule has 2 aromatic rings. The quantitative estimate of drug-likeness (QED) is 0.537. The van der Waals surface area contributed by atoms with Gasteiger partial charge in [-0.05, 0) is 50.8 Å². The van der Waals surface area contributed by atoms with Gasteiger partial charge in [-0.15, -0.1) is 0 Å². The summed E-state index contributed by atoms with van der Waals surface area (Å²) in [5, 5.41) is 6.00. The van der Waals surface area contributed by atoms with E-state index in [2.05, 4.69) is 10.6 Å². The smallest absolute Gasteiger partial charge is 0.322 e. The van der Waals surface area contributed by atoms with Crippen LogP contribution in [0, 0.1) is 0 Å². The van der Waals surface area contributed by atoms with Crippen LogP contribution in [0.1, 0.15) is 51.5 Å². The lowest BCUT2D eigenvalue weighted by atomic mass is 9.95. The molecule has 1 aliphatic heterocycles. The fraction of sp³-hybridized carbons (Fsp3) is 0.440. The fourth-order valence-corrected chi connectivity index (χ4v) is 3.71. The highest BCUT2D eigenvalue weighted by molar-refractivity contribution is 5.92. The zero-order chi connectivity index (χ0) is 22.9. The molecule has 0 aliphatic carbocycles. The Hall–Kier alpha value is -3.22. The highest BCUT2D eigenvalue weighted by Crippen LogP contribution is 2.35. The van der Waals surface area contributed by atoms with Gasteiger partial charge in [-0.2, -0.15) is 0 Å². The minimum atomic E-state index is -0.155. The van der Waals surface area contributed by atoms with Gasteiger partial charge in [0.25, 0.3) is 0 Å². The Kier molecular flexibility index (Phi) is 8.36. The van der Waals surface area contributed by atoms with Crippen LogP contribution in [-0.4, -0.2) is 37.9 Å². The van der Waals surface area contributed by atoms with Gasteiger partial charge in [0.15, 0.2) is 11.5 Å². The summed E-state index contributed by atoms with van der Waals surface area (Å²) >= 11 is 0. The second-order valence-electron chi connectivity index (χ2n) is 8.16. The summed E-state index contributed by atoms with van der Waals surface area (Å²) in [7, 11) is 0. The molecule has 2 N–H and O–H groups in total. The van der Waals surface area contributed by atoms with E-state index in [0.29, 0.717) is 24.6 Å². The topological polar surface area (TPSA) is 79.9 Å². The molecule has 1 heterocycles. The zero-order valence-corrected chi connectivity index (χ0v) is 19.1. The molecule has 0 saturated heterocycles. The van der Waals surface area contributed by atoms with E-state index in [4.69, 9.17) is 9.47 Å². The number of amides is 3. The predicted octanol–water partition coefficient (Wildman–Crippen LogP) is 4.43. The van der Waals surface area contributed by atoms with Gasteiger partial charge in [-0.1, -0.05) is 37.3 Å². The van der Waals surface area contributed by atoms with Crippen molar-refractivity contribution in [3.8, 4) is 11.5 Å². The molecule has 1 atom stereocenters. The number of hydrogen-bond acceptors (Lipinski definition) is 4. The van der Waals surface area contributed by atoms with Crippen LogP contribution < -0.4 is 25.0 Å². The average molecular weight is 440 g/mol. The Morgan fingerprint density at radius 2 is 1.78 bits per heavy atom. The van der Waals surface area contributed by atoms with Gasteiger partial charge in [0.1, 0.15) is 0 Å². The third kappa shape index (κ3) is 6.15. The number of fused-ring (bicyclic) bond motifs is 1. The molecule has 3 rings (SSSR count). The Bertz CT molecular complexity index is 901. The van der Waals surface area contributed by atoms with Crippen LogP contribution in [0.4, 0.5) is 10.5 Å². The molecule has 3 amide bonds. The Morgan fingerprint density at radius 1 is 1.03 bits per heavy atom. The fourth-order valence-electron chi connectivity index (χ4n) is 3.71. The first-order valence-corrected chi connectivity index (χ1v) is 11.3.